The summed E-state index contributed by atoms with van der Waals surface area (Å²) >= 11 is 0. The Kier molecular flexibility index (Phi) is 4.75. The predicted octanol–water partition coefficient (Wildman–Crippen LogP) is 3.40. The Hall–Kier alpha value is -2.95. The van der Waals surface area contributed by atoms with Crippen molar-refractivity contribution < 1.29 is 14.4 Å². The summed E-state index contributed by atoms with van der Waals surface area (Å²) < 4.78 is 0. The van der Waals surface area contributed by atoms with Gasteiger partial charge in [-0.15, -0.1) is 0 Å². The highest BCUT2D eigenvalue weighted by Crippen LogP contribution is 2.25. The summed E-state index contributed by atoms with van der Waals surface area (Å²) in [6.07, 6.45) is 4.90. The third-order valence-corrected chi connectivity index (χ3v) is 5.46. The van der Waals surface area contributed by atoms with E-state index in [1.807, 2.05) is 0 Å². The summed E-state index contributed by atoms with van der Waals surface area (Å²) in [5.41, 5.74) is 2.31. The number of fused-ring (bicyclic) bond motifs is 1. The molecule has 0 atom stereocenters. The van der Waals surface area contributed by atoms with E-state index in [9.17, 15) is 14.4 Å². The maximum atomic E-state index is 12.4. The van der Waals surface area contributed by atoms with E-state index in [1.54, 1.807) is 48.5 Å². The SMILES string of the molecule is O=C(NCC1CCCC1)c1ccc(CN2C(=O)c3ccccc3C2=O)cc1. The van der Waals surface area contributed by atoms with Crippen LogP contribution >= 0.6 is 0 Å². The Morgan fingerprint density at radius 2 is 1.52 bits per heavy atom. The standard InChI is InChI=1S/C22H22N2O3/c25-20(23-13-15-5-1-2-6-15)17-11-9-16(10-12-17)14-24-21(26)18-7-3-4-8-19(18)22(24)27/h3-4,7-12,15H,1-2,5-6,13-14H2,(H,23,25). The van der Waals surface area contributed by atoms with Crippen molar-refractivity contribution in [3.63, 3.8) is 0 Å². The van der Waals surface area contributed by atoms with Crippen LogP contribution < -0.4 is 5.32 Å². The highest BCUT2D eigenvalue weighted by molar-refractivity contribution is 6.21. The minimum absolute atomic E-state index is 0.0748. The zero-order chi connectivity index (χ0) is 18.8. The van der Waals surface area contributed by atoms with Crippen LogP contribution in [-0.2, 0) is 6.54 Å². The number of hydrogen-bond donors (Lipinski definition) is 1. The lowest BCUT2D eigenvalue weighted by atomic mass is 10.1. The smallest absolute Gasteiger partial charge is 0.261 e. The number of amides is 3. The van der Waals surface area contributed by atoms with E-state index >= 15 is 0 Å². The van der Waals surface area contributed by atoms with Gasteiger partial charge < -0.3 is 5.32 Å². The van der Waals surface area contributed by atoms with E-state index < -0.39 is 0 Å². The second kappa shape index (κ2) is 7.35. The Bertz CT molecular complexity index is 848. The van der Waals surface area contributed by atoms with Crippen molar-refractivity contribution in [2.75, 3.05) is 6.54 Å². The summed E-state index contributed by atoms with van der Waals surface area (Å²) in [6.45, 7) is 0.936. The lowest BCUT2D eigenvalue weighted by molar-refractivity contribution is 0.0641. The van der Waals surface area contributed by atoms with Gasteiger partial charge in [-0.05, 0) is 48.6 Å². The Labute approximate surface area is 158 Å². The summed E-state index contributed by atoms with van der Waals surface area (Å²) in [6, 6.07) is 14.0. The molecule has 1 heterocycles. The van der Waals surface area contributed by atoms with Gasteiger partial charge in [0.1, 0.15) is 0 Å². The molecule has 1 N–H and O–H groups in total. The van der Waals surface area contributed by atoms with Crippen molar-refractivity contribution in [3.05, 3.63) is 70.8 Å². The molecule has 2 aliphatic rings. The molecule has 0 spiro atoms. The van der Waals surface area contributed by atoms with Crippen molar-refractivity contribution in [1.29, 1.82) is 0 Å². The second-order valence-electron chi connectivity index (χ2n) is 7.30. The van der Waals surface area contributed by atoms with Crippen molar-refractivity contribution in [1.82, 2.24) is 10.2 Å². The Morgan fingerprint density at radius 1 is 0.926 bits per heavy atom. The van der Waals surface area contributed by atoms with Crippen LogP contribution in [0, 0.1) is 5.92 Å². The van der Waals surface area contributed by atoms with E-state index in [4.69, 9.17) is 0 Å². The molecule has 0 radical (unpaired) electrons. The first-order valence-electron chi connectivity index (χ1n) is 9.46. The topological polar surface area (TPSA) is 66.5 Å². The molecule has 1 aliphatic carbocycles. The van der Waals surface area contributed by atoms with Crippen molar-refractivity contribution in [3.8, 4) is 0 Å². The predicted molar refractivity (Wildman–Crippen MR) is 101 cm³/mol. The molecule has 0 unspecified atom stereocenters. The minimum Gasteiger partial charge on any atom is -0.352 e. The van der Waals surface area contributed by atoms with Gasteiger partial charge in [0, 0.05) is 12.1 Å². The molecule has 138 valence electrons. The van der Waals surface area contributed by atoms with Gasteiger partial charge in [0.25, 0.3) is 17.7 Å². The van der Waals surface area contributed by atoms with Gasteiger partial charge in [-0.3, -0.25) is 19.3 Å². The minimum atomic E-state index is -0.269. The number of carbonyl (C=O) groups is 3. The van der Waals surface area contributed by atoms with Crippen molar-refractivity contribution in [2.45, 2.75) is 32.2 Å². The van der Waals surface area contributed by atoms with E-state index in [2.05, 4.69) is 5.32 Å². The zero-order valence-electron chi connectivity index (χ0n) is 15.1. The fourth-order valence-electron chi connectivity index (χ4n) is 3.88. The van der Waals surface area contributed by atoms with Gasteiger partial charge in [-0.2, -0.15) is 0 Å². The zero-order valence-corrected chi connectivity index (χ0v) is 15.1. The highest BCUT2D eigenvalue weighted by Gasteiger charge is 2.34. The first kappa shape index (κ1) is 17.5. The molecular weight excluding hydrogens is 340 g/mol. The molecule has 3 amide bonds. The average Bonchev–Trinajstić information content (AvgIpc) is 3.30. The molecule has 0 saturated heterocycles. The van der Waals surface area contributed by atoms with Gasteiger partial charge in [-0.25, -0.2) is 0 Å². The molecule has 2 aromatic carbocycles. The van der Waals surface area contributed by atoms with Crippen LogP contribution in [0.3, 0.4) is 0 Å². The molecule has 1 aliphatic heterocycles. The first-order valence-corrected chi connectivity index (χ1v) is 9.46. The summed E-state index contributed by atoms with van der Waals surface area (Å²) in [5.74, 6) is -0.0146. The third-order valence-electron chi connectivity index (χ3n) is 5.46. The van der Waals surface area contributed by atoms with Gasteiger partial charge in [-0.1, -0.05) is 37.1 Å². The molecule has 4 rings (SSSR count). The van der Waals surface area contributed by atoms with E-state index in [-0.39, 0.29) is 24.3 Å². The van der Waals surface area contributed by atoms with Crippen molar-refractivity contribution >= 4 is 17.7 Å². The molecule has 2 aromatic rings. The number of carbonyl (C=O) groups excluding carboxylic acids is 3. The van der Waals surface area contributed by atoms with E-state index in [0.29, 0.717) is 22.6 Å². The van der Waals surface area contributed by atoms with Crippen molar-refractivity contribution in [2.24, 2.45) is 5.92 Å². The van der Waals surface area contributed by atoms with Crippen LogP contribution in [0.15, 0.2) is 48.5 Å². The van der Waals surface area contributed by atoms with Crippen LogP contribution in [0.1, 0.15) is 62.3 Å². The lowest BCUT2D eigenvalue weighted by Gasteiger charge is -2.14. The third kappa shape index (κ3) is 3.50. The average molecular weight is 362 g/mol. The fraction of sp³-hybridized carbons (Fsp3) is 0.318. The summed E-state index contributed by atoms with van der Waals surface area (Å²) in [7, 11) is 0. The van der Waals surface area contributed by atoms with Crippen LogP contribution in [0.2, 0.25) is 0 Å². The van der Waals surface area contributed by atoms with Crippen LogP contribution in [0.4, 0.5) is 0 Å². The maximum Gasteiger partial charge on any atom is 0.261 e. The monoisotopic (exact) mass is 362 g/mol. The Morgan fingerprint density at radius 3 is 2.11 bits per heavy atom. The number of hydrogen-bond acceptors (Lipinski definition) is 3. The maximum absolute atomic E-state index is 12.4. The molecule has 27 heavy (non-hydrogen) atoms. The molecule has 5 heteroatoms. The largest absolute Gasteiger partial charge is 0.352 e. The van der Waals surface area contributed by atoms with Gasteiger partial charge in [0.05, 0.1) is 17.7 Å². The normalized spacial score (nSPS) is 16.7. The number of imide groups is 1. The molecule has 1 fully saturated rings. The molecule has 5 nitrogen and oxygen atoms in total. The fourth-order valence-corrected chi connectivity index (χ4v) is 3.88. The van der Waals surface area contributed by atoms with Crippen LogP contribution in [-0.4, -0.2) is 29.2 Å². The number of nitrogens with one attached hydrogen (secondary N) is 1. The number of benzene rings is 2. The quantitative estimate of drug-likeness (QED) is 0.829. The number of nitrogens with zero attached hydrogens (tertiary/aromatic N) is 1. The van der Waals surface area contributed by atoms with Gasteiger partial charge >= 0.3 is 0 Å². The molecular formula is C22H22N2O3. The summed E-state index contributed by atoms with van der Waals surface area (Å²) in [5, 5.41) is 3.00. The van der Waals surface area contributed by atoms with Gasteiger partial charge in [0.2, 0.25) is 0 Å². The Balaban J connectivity index is 1.39. The second-order valence-corrected chi connectivity index (χ2v) is 7.30. The van der Waals surface area contributed by atoms with E-state index in [0.717, 1.165) is 12.1 Å². The van der Waals surface area contributed by atoms with Gasteiger partial charge in [0.15, 0.2) is 0 Å². The first-order chi connectivity index (χ1) is 13.1. The molecule has 0 bridgehead atoms. The summed E-state index contributed by atoms with van der Waals surface area (Å²) in [4.78, 5) is 38.4. The van der Waals surface area contributed by atoms with Crippen LogP contribution in [0.5, 0.6) is 0 Å². The van der Waals surface area contributed by atoms with E-state index in [1.165, 1.54) is 30.6 Å². The molecule has 1 saturated carbocycles. The highest BCUT2D eigenvalue weighted by atomic mass is 16.2. The molecule has 0 aromatic heterocycles. The lowest BCUT2D eigenvalue weighted by Crippen LogP contribution is -2.29. The van der Waals surface area contributed by atoms with Crippen LogP contribution in [0.25, 0.3) is 0 Å². The number of rotatable bonds is 5.